The lowest BCUT2D eigenvalue weighted by Crippen LogP contribution is -2.09. The number of benzene rings is 1. The summed E-state index contributed by atoms with van der Waals surface area (Å²) in [5.41, 5.74) is 1.47. The maximum atomic E-state index is 11.6. The zero-order valence-corrected chi connectivity index (χ0v) is 13.9. The molecule has 2 heterocycles. The SMILES string of the molecule is CCOC(=O)Cc1csc2nc(-c3cc(Cl)cc(Cl)c3)nn12. The summed E-state index contributed by atoms with van der Waals surface area (Å²) in [7, 11) is 0. The molecule has 0 aliphatic heterocycles. The Hall–Kier alpha value is -1.63. The fourth-order valence-corrected chi connectivity index (χ4v) is 3.36. The highest BCUT2D eigenvalue weighted by atomic mass is 35.5. The van der Waals surface area contributed by atoms with Crippen molar-refractivity contribution in [2.24, 2.45) is 0 Å². The Kier molecular flexibility index (Phi) is 4.33. The Labute approximate surface area is 140 Å². The van der Waals surface area contributed by atoms with E-state index in [2.05, 4.69) is 10.1 Å². The van der Waals surface area contributed by atoms with Crippen molar-refractivity contribution in [1.29, 1.82) is 0 Å². The van der Waals surface area contributed by atoms with Gasteiger partial charge in [0.2, 0.25) is 4.96 Å². The standard InChI is InChI=1S/C14H11Cl2N3O2S/c1-2-21-12(20)6-11-7-22-14-17-13(18-19(11)14)8-3-9(15)5-10(16)4-8/h3-5,7H,2,6H2,1H3. The zero-order valence-electron chi connectivity index (χ0n) is 11.5. The molecule has 0 fully saturated rings. The van der Waals surface area contributed by atoms with Crippen molar-refractivity contribution in [1.82, 2.24) is 14.6 Å². The first-order valence-corrected chi connectivity index (χ1v) is 8.15. The third-order valence-electron chi connectivity index (χ3n) is 2.90. The minimum atomic E-state index is -0.287. The number of fused-ring (bicyclic) bond motifs is 1. The minimum Gasteiger partial charge on any atom is -0.466 e. The van der Waals surface area contributed by atoms with Crippen molar-refractivity contribution in [2.75, 3.05) is 6.61 Å². The number of halogens is 2. The quantitative estimate of drug-likeness (QED) is 0.666. The summed E-state index contributed by atoms with van der Waals surface area (Å²) in [6.45, 7) is 2.13. The molecule has 0 unspecified atom stereocenters. The van der Waals surface area contributed by atoms with Crippen molar-refractivity contribution < 1.29 is 9.53 Å². The second kappa shape index (κ2) is 6.24. The van der Waals surface area contributed by atoms with Crippen LogP contribution in [0.5, 0.6) is 0 Å². The van der Waals surface area contributed by atoms with Gasteiger partial charge in [0.25, 0.3) is 0 Å². The van der Waals surface area contributed by atoms with E-state index in [4.69, 9.17) is 27.9 Å². The summed E-state index contributed by atoms with van der Waals surface area (Å²) in [4.78, 5) is 16.7. The predicted molar refractivity (Wildman–Crippen MR) is 86.7 cm³/mol. The molecule has 22 heavy (non-hydrogen) atoms. The molecule has 0 saturated carbocycles. The lowest BCUT2D eigenvalue weighted by atomic mass is 10.2. The smallest absolute Gasteiger partial charge is 0.311 e. The predicted octanol–water partition coefficient (Wildman–Crippen LogP) is 3.87. The molecule has 0 radical (unpaired) electrons. The number of nitrogens with zero attached hydrogens (tertiary/aromatic N) is 3. The Morgan fingerprint density at radius 1 is 1.32 bits per heavy atom. The van der Waals surface area contributed by atoms with Gasteiger partial charge in [-0.05, 0) is 25.1 Å². The Balaban J connectivity index is 1.96. The third-order valence-corrected chi connectivity index (χ3v) is 4.20. The average Bonchev–Trinajstić information content (AvgIpc) is 3.00. The fraction of sp³-hybridized carbons (Fsp3) is 0.214. The van der Waals surface area contributed by atoms with Crippen molar-refractivity contribution in [3.05, 3.63) is 39.3 Å². The topological polar surface area (TPSA) is 56.5 Å². The summed E-state index contributed by atoms with van der Waals surface area (Å²) in [6, 6.07) is 5.15. The van der Waals surface area contributed by atoms with Crippen LogP contribution in [0.1, 0.15) is 12.6 Å². The lowest BCUT2D eigenvalue weighted by Gasteiger charge is -2.00. The zero-order chi connectivity index (χ0) is 15.7. The van der Waals surface area contributed by atoms with Gasteiger partial charge in [-0.2, -0.15) is 4.98 Å². The van der Waals surface area contributed by atoms with Gasteiger partial charge in [0.05, 0.1) is 18.7 Å². The van der Waals surface area contributed by atoms with Crippen LogP contribution in [0.15, 0.2) is 23.6 Å². The highest BCUT2D eigenvalue weighted by Crippen LogP contribution is 2.27. The summed E-state index contributed by atoms with van der Waals surface area (Å²) in [6.07, 6.45) is 0.160. The molecule has 5 nitrogen and oxygen atoms in total. The van der Waals surface area contributed by atoms with E-state index in [-0.39, 0.29) is 12.4 Å². The molecule has 0 N–H and O–H groups in total. The number of aromatic nitrogens is 3. The van der Waals surface area contributed by atoms with Gasteiger partial charge >= 0.3 is 5.97 Å². The highest BCUT2D eigenvalue weighted by Gasteiger charge is 2.15. The third kappa shape index (κ3) is 3.09. The molecular formula is C14H11Cl2N3O2S. The molecule has 8 heteroatoms. The molecule has 114 valence electrons. The van der Waals surface area contributed by atoms with E-state index in [1.165, 1.54) is 11.3 Å². The molecule has 3 rings (SSSR count). The van der Waals surface area contributed by atoms with Gasteiger partial charge in [-0.3, -0.25) is 4.79 Å². The molecule has 0 atom stereocenters. The molecule has 0 aliphatic rings. The van der Waals surface area contributed by atoms with Crippen LogP contribution < -0.4 is 0 Å². The molecular weight excluding hydrogens is 345 g/mol. The Morgan fingerprint density at radius 3 is 2.73 bits per heavy atom. The number of thiazole rings is 1. The molecule has 0 saturated heterocycles. The maximum absolute atomic E-state index is 11.6. The van der Waals surface area contributed by atoms with Crippen LogP contribution in [0.4, 0.5) is 0 Å². The van der Waals surface area contributed by atoms with E-state index in [0.29, 0.717) is 27.4 Å². The van der Waals surface area contributed by atoms with E-state index < -0.39 is 0 Å². The molecule has 1 aromatic carbocycles. The van der Waals surface area contributed by atoms with Crippen molar-refractivity contribution in [3.63, 3.8) is 0 Å². The summed E-state index contributed by atoms with van der Waals surface area (Å²) in [5, 5.41) is 7.32. The van der Waals surface area contributed by atoms with Crippen LogP contribution in [0.25, 0.3) is 16.3 Å². The van der Waals surface area contributed by atoms with Gasteiger partial charge in [-0.1, -0.05) is 23.2 Å². The Morgan fingerprint density at radius 2 is 2.05 bits per heavy atom. The molecule has 3 aromatic rings. The largest absolute Gasteiger partial charge is 0.466 e. The minimum absolute atomic E-state index is 0.160. The van der Waals surface area contributed by atoms with Crippen LogP contribution in [-0.2, 0) is 16.0 Å². The van der Waals surface area contributed by atoms with Crippen LogP contribution >= 0.6 is 34.5 Å². The fourth-order valence-electron chi connectivity index (χ4n) is 2.01. The first-order valence-electron chi connectivity index (χ1n) is 6.52. The second-order valence-electron chi connectivity index (χ2n) is 4.50. The number of carbonyl (C=O) groups is 1. The number of rotatable bonds is 4. The van der Waals surface area contributed by atoms with Crippen LogP contribution in [0.2, 0.25) is 10.0 Å². The van der Waals surface area contributed by atoms with Crippen LogP contribution in [0.3, 0.4) is 0 Å². The number of hydrogen-bond acceptors (Lipinski definition) is 5. The first kappa shape index (κ1) is 15.3. The Bertz CT molecular complexity index is 824. The molecule has 0 amide bonds. The number of esters is 1. The van der Waals surface area contributed by atoms with Crippen LogP contribution in [0, 0.1) is 0 Å². The van der Waals surface area contributed by atoms with Crippen molar-refractivity contribution >= 4 is 45.5 Å². The van der Waals surface area contributed by atoms with Gasteiger partial charge in [0.1, 0.15) is 0 Å². The second-order valence-corrected chi connectivity index (χ2v) is 6.21. The first-order chi connectivity index (χ1) is 10.6. The van der Waals surface area contributed by atoms with Crippen molar-refractivity contribution in [3.8, 4) is 11.4 Å². The van der Waals surface area contributed by atoms with Gasteiger partial charge in [0, 0.05) is 21.0 Å². The summed E-state index contributed by atoms with van der Waals surface area (Å²) >= 11 is 13.4. The highest BCUT2D eigenvalue weighted by molar-refractivity contribution is 7.15. The van der Waals surface area contributed by atoms with E-state index in [1.807, 2.05) is 5.38 Å². The van der Waals surface area contributed by atoms with E-state index in [0.717, 1.165) is 11.3 Å². The van der Waals surface area contributed by atoms with Gasteiger partial charge < -0.3 is 4.74 Å². The molecule has 2 aromatic heterocycles. The summed E-state index contributed by atoms with van der Waals surface area (Å²) < 4.78 is 6.60. The number of carbonyl (C=O) groups excluding carboxylic acids is 1. The molecule has 0 bridgehead atoms. The summed E-state index contributed by atoms with van der Waals surface area (Å²) in [5.74, 6) is 0.228. The van der Waals surface area contributed by atoms with Crippen LogP contribution in [-0.4, -0.2) is 27.2 Å². The van der Waals surface area contributed by atoms with Gasteiger partial charge in [-0.15, -0.1) is 16.4 Å². The van der Waals surface area contributed by atoms with Crippen molar-refractivity contribution in [2.45, 2.75) is 13.3 Å². The van der Waals surface area contributed by atoms with Gasteiger partial charge in [-0.25, -0.2) is 4.52 Å². The average molecular weight is 356 g/mol. The van der Waals surface area contributed by atoms with E-state index >= 15 is 0 Å². The molecule has 0 spiro atoms. The van der Waals surface area contributed by atoms with E-state index in [9.17, 15) is 4.79 Å². The maximum Gasteiger partial charge on any atom is 0.311 e. The monoisotopic (exact) mass is 355 g/mol. The number of ether oxygens (including phenoxy) is 1. The lowest BCUT2D eigenvalue weighted by molar-refractivity contribution is -0.142. The normalized spacial score (nSPS) is 11.0. The molecule has 0 aliphatic carbocycles. The van der Waals surface area contributed by atoms with Gasteiger partial charge in [0.15, 0.2) is 5.82 Å². The number of hydrogen-bond donors (Lipinski definition) is 0. The van der Waals surface area contributed by atoms with E-state index in [1.54, 1.807) is 29.6 Å².